The highest BCUT2D eigenvalue weighted by atomic mass is 35.5. The Bertz CT molecular complexity index is 707. The van der Waals surface area contributed by atoms with Crippen molar-refractivity contribution in [2.45, 2.75) is 23.3 Å². The van der Waals surface area contributed by atoms with Crippen LogP contribution in [0.3, 0.4) is 0 Å². The molecule has 1 N–H and O–H groups in total. The zero-order valence-corrected chi connectivity index (χ0v) is 14.4. The molecule has 1 aromatic rings. The van der Waals surface area contributed by atoms with Gasteiger partial charge in [0.05, 0.1) is 18.7 Å². The summed E-state index contributed by atoms with van der Waals surface area (Å²) in [6.07, 6.45) is 0.605. The lowest BCUT2D eigenvalue weighted by Gasteiger charge is -2.33. The van der Waals surface area contributed by atoms with Gasteiger partial charge in [0, 0.05) is 19.7 Å². The molecule has 1 aromatic carbocycles. The fraction of sp³-hybridized carbons (Fsp3) is 0.500. The number of hydrogen-bond acceptors (Lipinski definition) is 5. The first-order valence-electron chi connectivity index (χ1n) is 6.88. The molecule has 23 heavy (non-hydrogen) atoms. The van der Waals surface area contributed by atoms with Crippen LogP contribution < -0.4 is 4.74 Å². The van der Waals surface area contributed by atoms with Crippen molar-refractivity contribution in [3.63, 3.8) is 0 Å². The van der Waals surface area contributed by atoms with Gasteiger partial charge in [0.15, 0.2) is 5.54 Å². The molecule has 9 heteroatoms. The highest BCUT2D eigenvalue weighted by Crippen LogP contribution is 2.38. The van der Waals surface area contributed by atoms with Crippen LogP contribution in [0.25, 0.3) is 0 Å². The number of benzene rings is 1. The maximum Gasteiger partial charge on any atom is 0.327 e. The molecule has 0 bridgehead atoms. The molecule has 2 rings (SSSR count). The molecular formula is C14H18ClNO6S. The van der Waals surface area contributed by atoms with Crippen molar-refractivity contribution in [3.05, 3.63) is 23.2 Å². The molecule has 0 aromatic heterocycles. The predicted octanol–water partition coefficient (Wildman–Crippen LogP) is 1.60. The Morgan fingerprint density at radius 1 is 1.43 bits per heavy atom. The number of carboxylic acid groups (broad SMARTS) is 1. The van der Waals surface area contributed by atoms with Crippen molar-refractivity contribution >= 4 is 27.6 Å². The summed E-state index contributed by atoms with van der Waals surface area (Å²) < 4.78 is 36.9. The van der Waals surface area contributed by atoms with E-state index in [1.807, 2.05) is 0 Å². The monoisotopic (exact) mass is 363 g/mol. The first-order chi connectivity index (χ1) is 10.8. The normalized spacial score (nSPS) is 22.2. The molecule has 1 fully saturated rings. The van der Waals surface area contributed by atoms with E-state index in [2.05, 4.69) is 0 Å². The molecule has 7 nitrogen and oxygen atoms in total. The van der Waals surface area contributed by atoms with E-state index in [1.165, 1.54) is 32.4 Å². The number of carbonyl (C=O) groups is 1. The number of aliphatic carboxylic acids is 1. The Labute approximate surface area is 139 Å². The Morgan fingerprint density at radius 2 is 2.13 bits per heavy atom. The molecule has 0 saturated carbocycles. The SMILES string of the molecule is COCC1(C(=O)O)CCCN1S(=O)(=O)c1cc(OC)ccc1Cl. The van der Waals surface area contributed by atoms with Crippen LogP contribution in [-0.2, 0) is 19.6 Å². The van der Waals surface area contributed by atoms with Crippen molar-refractivity contribution in [1.82, 2.24) is 4.31 Å². The average molecular weight is 364 g/mol. The molecule has 1 unspecified atom stereocenters. The molecule has 1 aliphatic rings. The molecule has 0 spiro atoms. The lowest BCUT2D eigenvalue weighted by atomic mass is 9.99. The van der Waals surface area contributed by atoms with E-state index in [1.54, 1.807) is 0 Å². The second-order valence-corrected chi connectivity index (χ2v) is 7.48. The van der Waals surface area contributed by atoms with Gasteiger partial charge in [-0.15, -0.1) is 0 Å². The summed E-state index contributed by atoms with van der Waals surface area (Å²) in [5.74, 6) is -0.917. The molecule has 0 aliphatic carbocycles. The van der Waals surface area contributed by atoms with Gasteiger partial charge >= 0.3 is 5.97 Å². The zero-order chi connectivity index (χ0) is 17.3. The summed E-state index contributed by atoms with van der Waals surface area (Å²) in [6, 6.07) is 4.22. The smallest absolute Gasteiger partial charge is 0.327 e. The van der Waals surface area contributed by atoms with E-state index in [0.29, 0.717) is 12.2 Å². The van der Waals surface area contributed by atoms with Gasteiger partial charge < -0.3 is 14.6 Å². The Morgan fingerprint density at radius 3 is 2.70 bits per heavy atom. The minimum atomic E-state index is -4.12. The van der Waals surface area contributed by atoms with Crippen molar-refractivity contribution in [1.29, 1.82) is 0 Å². The summed E-state index contributed by atoms with van der Waals surface area (Å²) in [5.41, 5.74) is -1.63. The fourth-order valence-corrected chi connectivity index (χ4v) is 5.07. The maximum absolute atomic E-state index is 13.0. The number of ether oxygens (including phenoxy) is 2. The Kier molecular flexibility index (Phi) is 5.20. The summed E-state index contributed by atoms with van der Waals surface area (Å²) in [5, 5.41) is 9.61. The highest BCUT2D eigenvalue weighted by Gasteiger charge is 2.53. The maximum atomic E-state index is 13.0. The van der Waals surface area contributed by atoms with Gasteiger partial charge in [0.25, 0.3) is 0 Å². The Balaban J connectivity index is 2.56. The minimum absolute atomic E-state index is 0.00871. The van der Waals surface area contributed by atoms with Gasteiger partial charge in [0.1, 0.15) is 10.6 Å². The van der Waals surface area contributed by atoms with Crippen LogP contribution in [0.1, 0.15) is 12.8 Å². The minimum Gasteiger partial charge on any atom is -0.497 e. The number of carboxylic acids is 1. The number of rotatable bonds is 6. The van der Waals surface area contributed by atoms with Crippen molar-refractivity contribution in [2.24, 2.45) is 0 Å². The predicted molar refractivity (Wildman–Crippen MR) is 83.4 cm³/mol. The van der Waals surface area contributed by atoms with E-state index in [4.69, 9.17) is 21.1 Å². The van der Waals surface area contributed by atoms with E-state index in [0.717, 1.165) is 4.31 Å². The van der Waals surface area contributed by atoms with Crippen LogP contribution in [0.4, 0.5) is 0 Å². The van der Waals surface area contributed by atoms with Crippen molar-refractivity contribution in [3.8, 4) is 5.75 Å². The van der Waals surface area contributed by atoms with E-state index in [-0.39, 0.29) is 29.5 Å². The highest BCUT2D eigenvalue weighted by molar-refractivity contribution is 7.89. The molecule has 128 valence electrons. The molecule has 0 radical (unpaired) electrons. The number of sulfonamides is 1. The van der Waals surface area contributed by atoms with E-state index in [9.17, 15) is 18.3 Å². The van der Waals surface area contributed by atoms with Crippen LogP contribution in [0.2, 0.25) is 5.02 Å². The summed E-state index contributed by atoms with van der Waals surface area (Å²) >= 11 is 6.03. The van der Waals surface area contributed by atoms with Gasteiger partial charge in [-0.1, -0.05) is 11.6 Å². The van der Waals surface area contributed by atoms with E-state index < -0.39 is 21.5 Å². The van der Waals surface area contributed by atoms with Crippen LogP contribution in [0.5, 0.6) is 5.75 Å². The van der Waals surface area contributed by atoms with Crippen molar-refractivity contribution in [2.75, 3.05) is 27.4 Å². The molecular weight excluding hydrogens is 346 g/mol. The number of methoxy groups -OCH3 is 2. The molecule has 1 heterocycles. The standard InChI is InChI=1S/C14H18ClNO6S/c1-21-9-14(13(17)18)6-3-7-16(14)23(19,20)12-8-10(22-2)4-5-11(12)15/h4-5,8H,3,6-7,9H2,1-2H3,(H,17,18). The van der Waals surface area contributed by atoms with Gasteiger partial charge in [-0.05, 0) is 25.0 Å². The van der Waals surface area contributed by atoms with Gasteiger partial charge in [-0.3, -0.25) is 4.79 Å². The molecule has 1 atom stereocenters. The first kappa shape index (κ1) is 18.0. The first-order valence-corrected chi connectivity index (χ1v) is 8.70. The Hall–Kier alpha value is -1.35. The van der Waals surface area contributed by atoms with Gasteiger partial charge in [-0.25, -0.2) is 8.42 Å². The van der Waals surface area contributed by atoms with Crippen LogP contribution in [0, 0.1) is 0 Å². The second-order valence-electron chi connectivity index (χ2n) is 5.25. The van der Waals surface area contributed by atoms with Crippen LogP contribution in [-0.4, -0.2) is 56.7 Å². The summed E-state index contributed by atoms with van der Waals surface area (Å²) in [7, 11) is -1.37. The topological polar surface area (TPSA) is 93.1 Å². The van der Waals surface area contributed by atoms with Crippen LogP contribution in [0.15, 0.2) is 23.1 Å². The second kappa shape index (κ2) is 6.64. The average Bonchev–Trinajstić information content (AvgIpc) is 2.94. The fourth-order valence-electron chi connectivity index (χ4n) is 2.79. The molecule has 0 amide bonds. The lowest BCUT2D eigenvalue weighted by molar-refractivity contribution is -0.150. The summed E-state index contributed by atoms with van der Waals surface area (Å²) in [6.45, 7) is -0.144. The van der Waals surface area contributed by atoms with E-state index >= 15 is 0 Å². The number of nitrogens with zero attached hydrogens (tertiary/aromatic N) is 1. The number of hydrogen-bond donors (Lipinski definition) is 1. The zero-order valence-electron chi connectivity index (χ0n) is 12.8. The number of halogens is 1. The third-order valence-electron chi connectivity index (χ3n) is 3.92. The van der Waals surface area contributed by atoms with Gasteiger partial charge in [0.2, 0.25) is 10.0 Å². The quantitative estimate of drug-likeness (QED) is 0.825. The third-order valence-corrected chi connectivity index (χ3v) is 6.36. The molecule has 1 saturated heterocycles. The van der Waals surface area contributed by atoms with Crippen molar-refractivity contribution < 1.29 is 27.8 Å². The van der Waals surface area contributed by atoms with Gasteiger partial charge in [-0.2, -0.15) is 4.31 Å². The summed E-state index contributed by atoms with van der Waals surface area (Å²) in [4.78, 5) is 11.6. The third kappa shape index (κ3) is 3.03. The van der Waals surface area contributed by atoms with Crippen LogP contribution >= 0.6 is 11.6 Å². The lowest BCUT2D eigenvalue weighted by Crippen LogP contribution is -2.55. The largest absolute Gasteiger partial charge is 0.497 e. The molecule has 1 aliphatic heterocycles.